The summed E-state index contributed by atoms with van der Waals surface area (Å²) in [6, 6.07) is 8.34. The van der Waals surface area contributed by atoms with Crippen molar-refractivity contribution in [2.75, 3.05) is 6.61 Å². The van der Waals surface area contributed by atoms with Gasteiger partial charge in [-0.1, -0.05) is 37.8 Å². The van der Waals surface area contributed by atoms with Gasteiger partial charge in [0.25, 0.3) is 0 Å². The van der Waals surface area contributed by atoms with Gasteiger partial charge < -0.3 is 9.47 Å². The van der Waals surface area contributed by atoms with Crippen molar-refractivity contribution in [3.05, 3.63) is 29.8 Å². The first-order chi connectivity index (χ1) is 7.88. The second kappa shape index (κ2) is 5.86. The van der Waals surface area contributed by atoms with E-state index in [0.29, 0.717) is 12.4 Å². The summed E-state index contributed by atoms with van der Waals surface area (Å²) in [4.78, 5) is 11.4. The van der Waals surface area contributed by atoms with Gasteiger partial charge in [0.15, 0.2) is 0 Å². The Morgan fingerprint density at radius 1 is 1.24 bits per heavy atom. The summed E-state index contributed by atoms with van der Waals surface area (Å²) in [5.41, 5.74) is 0.926. The van der Waals surface area contributed by atoms with Gasteiger partial charge in [-0.15, -0.1) is 0 Å². The molecule has 0 heterocycles. The number of rotatable bonds is 4. The Hall–Kier alpha value is -1.29. The Bertz CT molecular complexity index is 382. The van der Waals surface area contributed by atoms with E-state index in [0.717, 1.165) is 11.6 Å². The fraction of sp³-hybridized carbons (Fsp3) is 0.462. The molecule has 0 saturated carbocycles. The maximum atomic E-state index is 11.4. The molecule has 0 aliphatic heterocycles. The predicted octanol–water partition coefficient (Wildman–Crippen LogP) is 3.85. The Labute approximate surface area is 104 Å². The number of hydrogen-bond acceptors (Lipinski definition) is 3. The number of ether oxygens (including phenoxy) is 2. The van der Waals surface area contributed by atoms with Crippen molar-refractivity contribution < 1.29 is 14.3 Å². The third kappa shape index (κ3) is 5.54. The molecule has 0 spiro atoms. The van der Waals surface area contributed by atoms with Crippen molar-refractivity contribution in [2.24, 2.45) is 0 Å². The second-order valence-electron chi connectivity index (χ2n) is 5.28. The third-order valence-electron chi connectivity index (χ3n) is 2.36. The van der Waals surface area contributed by atoms with E-state index in [9.17, 15) is 4.79 Å². The Balaban J connectivity index is 2.38. The average molecular weight is 252 g/mol. The fourth-order valence-electron chi connectivity index (χ4n) is 1.23. The Morgan fingerprint density at radius 2 is 1.88 bits per heavy atom. The van der Waals surface area contributed by atoms with Gasteiger partial charge in [-0.2, -0.15) is 0 Å². The van der Waals surface area contributed by atoms with Crippen molar-refractivity contribution in [3.8, 4) is 5.75 Å². The molecule has 0 bridgehead atoms. The number of hydrogen-bond donors (Lipinski definition) is 0. The lowest BCUT2D eigenvalue weighted by molar-refractivity contribution is 0.104. The molecule has 0 fully saturated rings. The van der Waals surface area contributed by atoms with Crippen LogP contribution in [0, 0.1) is 6.92 Å². The fourth-order valence-corrected chi connectivity index (χ4v) is 1.95. The lowest BCUT2D eigenvalue weighted by Crippen LogP contribution is -2.23. The summed E-state index contributed by atoms with van der Waals surface area (Å²) < 4.78 is 10.2. The molecule has 0 N–H and O–H groups in total. The van der Waals surface area contributed by atoms with Crippen LogP contribution in [0.1, 0.15) is 5.56 Å². The van der Waals surface area contributed by atoms with Gasteiger partial charge in [0, 0.05) is 8.07 Å². The van der Waals surface area contributed by atoms with Crippen LogP contribution < -0.4 is 4.74 Å². The number of carbonyl (C=O) groups excluding carboxylic acids is 1. The normalized spacial score (nSPS) is 11.1. The topological polar surface area (TPSA) is 35.5 Å². The largest absolute Gasteiger partial charge is 0.513 e. The molecule has 0 unspecified atom stereocenters. The maximum Gasteiger partial charge on any atom is 0.513 e. The Morgan fingerprint density at radius 3 is 2.47 bits per heavy atom. The van der Waals surface area contributed by atoms with Crippen LogP contribution in [0.4, 0.5) is 4.79 Å². The highest BCUT2D eigenvalue weighted by Gasteiger charge is 2.14. The summed E-state index contributed by atoms with van der Waals surface area (Å²) in [6.45, 7) is 9.06. The van der Waals surface area contributed by atoms with Crippen LogP contribution in [-0.4, -0.2) is 20.8 Å². The first-order valence-electron chi connectivity index (χ1n) is 5.79. The molecule has 17 heavy (non-hydrogen) atoms. The highest BCUT2D eigenvalue weighted by molar-refractivity contribution is 6.76. The molecular formula is C13H20O3Si. The smallest absolute Gasteiger partial charge is 0.434 e. The number of benzene rings is 1. The number of aryl methyl sites for hydroxylation is 1. The standard InChI is InChI=1S/C13H20O3Si/c1-11-7-5-6-8-12(11)16-13(14)15-9-10-17(2,3)4/h5-8H,9-10H2,1-4H3. The highest BCUT2D eigenvalue weighted by Crippen LogP contribution is 2.17. The first kappa shape index (κ1) is 13.8. The van der Waals surface area contributed by atoms with Crippen molar-refractivity contribution in [2.45, 2.75) is 32.6 Å². The summed E-state index contributed by atoms with van der Waals surface area (Å²) >= 11 is 0. The van der Waals surface area contributed by atoms with Crippen LogP contribution in [-0.2, 0) is 4.74 Å². The van der Waals surface area contributed by atoms with Crippen LogP contribution in [0.25, 0.3) is 0 Å². The number of para-hydroxylation sites is 1. The minimum absolute atomic E-state index is 0.445. The molecule has 0 saturated heterocycles. The molecule has 0 aromatic heterocycles. The quantitative estimate of drug-likeness (QED) is 0.464. The van der Waals surface area contributed by atoms with E-state index in [-0.39, 0.29) is 0 Å². The van der Waals surface area contributed by atoms with Gasteiger partial charge in [0.2, 0.25) is 0 Å². The molecule has 94 valence electrons. The highest BCUT2D eigenvalue weighted by atomic mass is 28.3. The lowest BCUT2D eigenvalue weighted by atomic mass is 10.2. The zero-order valence-electron chi connectivity index (χ0n) is 10.9. The second-order valence-corrected chi connectivity index (χ2v) is 10.9. The third-order valence-corrected chi connectivity index (χ3v) is 4.06. The van der Waals surface area contributed by atoms with Crippen molar-refractivity contribution >= 4 is 14.2 Å². The molecular weight excluding hydrogens is 232 g/mol. The van der Waals surface area contributed by atoms with Crippen LogP contribution in [0.15, 0.2) is 24.3 Å². The molecule has 0 aliphatic rings. The van der Waals surface area contributed by atoms with Crippen molar-refractivity contribution in [1.29, 1.82) is 0 Å². The minimum Gasteiger partial charge on any atom is -0.434 e. The van der Waals surface area contributed by atoms with Crippen LogP contribution in [0.2, 0.25) is 25.7 Å². The Kier molecular flexibility index (Phi) is 4.75. The molecule has 4 heteroatoms. The van der Waals surface area contributed by atoms with E-state index in [4.69, 9.17) is 9.47 Å². The van der Waals surface area contributed by atoms with Gasteiger partial charge in [-0.25, -0.2) is 4.79 Å². The summed E-state index contributed by atoms with van der Waals surface area (Å²) in [6.07, 6.45) is -0.613. The molecule has 1 rings (SSSR count). The van der Waals surface area contributed by atoms with Gasteiger partial charge in [-0.3, -0.25) is 0 Å². The SMILES string of the molecule is Cc1ccccc1OC(=O)OCC[Si](C)(C)C. The van der Waals surface area contributed by atoms with E-state index in [1.807, 2.05) is 25.1 Å². The molecule has 3 nitrogen and oxygen atoms in total. The van der Waals surface area contributed by atoms with Gasteiger partial charge in [0.1, 0.15) is 5.75 Å². The van der Waals surface area contributed by atoms with Crippen LogP contribution >= 0.6 is 0 Å². The average Bonchev–Trinajstić information content (AvgIpc) is 2.19. The van der Waals surface area contributed by atoms with E-state index in [2.05, 4.69) is 19.6 Å². The first-order valence-corrected chi connectivity index (χ1v) is 9.49. The summed E-state index contributed by atoms with van der Waals surface area (Å²) in [5, 5.41) is 0. The van der Waals surface area contributed by atoms with E-state index >= 15 is 0 Å². The summed E-state index contributed by atoms with van der Waals surface area (Å²) in [7, 11) is -1.16. The zero-order valence-corrected chi connectivity index (χ0v) is 11.9. The van der Waals surface area contributed by atoms with E-state index in [1.54, 1.807) is 6.07 Å². The van der Waals surface area contributed by atoms with Crippen molar-refractivity contribution in [1.82, 2.24) is 0 Å². The van der Waals surface area contributed by atoms with Crippen LogP contribution in [0.5, 0.6) is 5.75 Å². The zero-order chi connectivity index (χ0) is 12.9. The van der Waals surface area contributed by atoms with E-state index < -0.39 is 14.2 Å². The summed E-state index contributed by atoms with van der Waals surface area (Å²) in [5.74, 6) is 0.561. The maximum absolute atomic E-state index is 11.4. The molecule has 1 aromatic rings. The van der Waals surface area contributed by atoms with Crippen molar-refractivity contribution in [3.63, 3.8) is 0 Å². The van der Waals surface area contributed by atoms with E-state index in [1.165, 1.54) is 0 Å². The molecule has 0 amide bonds. The number of carbonyl (C=O) groups is 1. The van der Waals surface area contributed by atoms with Gasteiger partial charge in [-0.05, 0) is 24.6 Å². The molecule has 0 atom stereocenters. The molecule has 0 aliphatic carbocycles. The molecule has 1 aromatic carbocycles. The van der Waals surface area contributed by atoms with Gasteiger partial charge in [0.05, 0.1) is 6.61 Å². The minimum atomic E-state index is -1.16. The monoisotopic (exact) mass is 252 g/mol. The van der Waals surface area contributed by atoms with Crippen LogP contribution in [0.3, 0.4) is 0 Å². The van der Waals surface area contributed by atoms with Gasteiger partial charge >= 0.3 is 6.16 Å². The molecule has 0 radical (unpaired) electrons. The lowest BCUT2D eigenvalue weighted by Gasteiger charge is -2.15. The predicted molar refractivity (Wildman–Crippen MR) is 71.3 cm³/mol.